The van der Waals surface area contributed by atoms with Crippen LogP contribution in [0, 0.1) is 13.8 Å². The highest BCUT2D eigenvalue weighted by Crippen LogP contribution is 2.47. The van der Waals surface area contributed by atoms with Crippen molar-refractivity contribution in [3.8, 4) is 17.2 Å². The van der Waals surface area contributed by atoms with Crippen LogP contribution in [0.5, 0.6) is 17.2 Å². The molecule has 1 saturated heterocycles. The van der Waals surface area contributed by atoms with Crippen molar-refractivity contribution in [1.82, 2.24) is 4.98 Å². The highest BCUT2D eigenvalue weighted by Gasteiger charge is 2.49. The van der Waals surface area contributed by atoms with Gasteiger partial charge in [0.1, 0.15) is 33.9 Å². The van der Waals surface area contributed by atoms with Crippen LogP contribution in [0.15, 0.2) is 42.0 Å². The van der Waals surface area contributed by atoms with Crippen molar-refractivity contribution >= 4 is 39.9 Å². The molecule has 0 aliphatic carbocycles. The standard InChI is InChI=1S/C27H26N2O8S/c1-13-11-15(7-9-18(13)35-4)22(30)20-21(17-12-16(34-3)8-10-19(17)36-5)29(25(32)23(20)31)27-28-14(2)24(38-27)26(33)37-6/h7-12,21,30H,1-6H3/b22-20+. The van der Waals surface area contributed by atoms with Gasteiger partial charge in [-0.25, -0.2) is 9.78 Å². The lowest BCUT2D eigenvalue weighted by molar-refractivity contribution is -0.132. The topological polar surface area (TPSA) is 124 Å². The Kier molecular flexibility index (Phi) is 7.40. The zero-order chi connectivity index (χ0) is 27.7. The Hall–Kier alpha value is -4.38. The van der Waals surface area contributed by atoms with Gasteiger partial charge in [0.25, 0.3) is 5.78 Å². The molecule has 11 heteroatoms. The number of hydrogen-bond acceptors (Lipinski definition) is 10. The Balaban J connectivity index is 2.01. The molecule has 1 N–H and O–H groups in total. The van der Waals surface area contributed by atoms with E-state index in [1.165, 1.54) is 28.4 Å². The van der Waals surface area contributed by atoms with E-state index in [0.717, 1.165) is 21.8 Å². The van der Waals surface area contributed by atoms with E-state index in [1.807, 2.05) is 0 Å². The lowest BCUT2D eigenvalue weighted by atomic mass is 9.94. The number of carbonyl (C=O) groups is 3. The summed E-state index contributed by atoms with van der Waals surface area (Å²) in [6, 6.07) is 8.70. The molecule has 0 spiro atoms. The smallest absolute Gasteiger partial charge is 0.350 e. The summed E-state index contributed by atoms with van der Waals surface area (Å²) in [6.45, 7) is 3.40. The van der Waals surface area contributed by atoms with E-state index >= 15 is 0 Å². The zero-order valence-electron chi connectivity index (χ0n) is 21.6. The normalized spacial score (nSPS) is 16.5. The van der Waals surface area contributed by atoms with Gasteiger partial charge in [0.05, 0.1) is 39.7 Å². The number of hydrogen-bond donors (Lipinski definition) is 1. The molecule has 2 aromatic carbocycles. The monoisotopic (exact) mass is 538 g/mol. The Morgan fingerprint density at radius 3 is 2.26 bits per heavy atom. The van der Waals surface area contributed by atoms with E-state index in [0.29, 0.717) is 34.1 Å². The Morgan fingerprint density at radius 2 is 1.66 bits per heavy atom. The number of Topliss-reactive ketones (excluding diaryl/α,β-unsaturated/α-hetero) is 1. The van der Waals surface area contributed by atoms with Gasteiger partial charge in [-0.05, 0) is 55.8 Å². The average Bonchev–Trinajstić information content (AvgIpc) is 3.43. The van der Waals surface area contributed by atoms with Crippen molar-refractivity contribution in [3.63, 3.8) is 0 Å². The maximum atomic E-state index is 13.5. The fourth-order valence-corrected chi connectivity index (χ4v) is 5.34. The largest absolute Gasteiger partial charge is 0.507 e. The number of thiazole rings is 1. The predicted molar refractivity (Wildman–Crippen MR) is 140 cm³/mol. The van der Waals surface area contributed by atoms with Crippen molar-refractivity contribution in [2.45, 2.75) is 19.9 Å². The van der Waals surface area contributed by atoms with Crippen LogP contribution in [0.3, 0.4) is 0 Å². The first-order valence-corrected chi connectivity index (χ1v) is 12.2. The second-order valence-electron chi connectivity index (χ2n) is 8.36. The van der Waals surface area contributed by atoms with Gasteiger partial charge < -0.3 is 24.1 Å². The molecule has 1 aliphatic heterocycles. The molecule has 3 aromatic rings. The van der Waals surface area contributed by atoms with Gasteiger partial charge in [0.2, 0.25) is 0 Å². The number of ether oxygens (including phenoxy) is 4. The Bertz CT molecular complexity index is 1480. The summed E-state index contributed by atoms with van der Waals surface area (Å²) >= 11 is 0.908. The van der Waals surface area contributed by atoms with Crippen molar-refractivity contribution < 1.29 is 38.4 Å². The summed E-state index contributed by atoms with van der Waals surface area (Å²) in [5.41, 5.74) is 1.59. The second-order valence-corrected chi connectivity index (χ2v) is 9.34. The third kappa shape index (κ3) is 4.45. The third-order valence-electron chi connectivity index (χ3n) is 6.21. The quantitative estimate of drug-likeness (QED) is 0.204. The molecule has 0 saturated carbocycles. The lowest BCUT2D eigenvalue weighted by Gasteiger charge is -2.25. The van der Waals surface area contributed by atoms with Crippen LogP contribution in [0.1, 0.15) is 38.1 Å². The molecule has 1 aliphatic rings. The molecule has 38 heavy (non-hydrogen) atoms. The minimum absolute atomic E-state index is 0.0878. The highest BCUT2D eigenvalue weighted by molar-refractivity contribution is 7.17. The van der Waals surface area contributed by atoms with Gasteiger partial charge in [-0.2, -0.15) is 0 Å². The van der Waals surface area contributed by atoms with E-state index in [1.54, 1.807) is 50.2 Å². The van der Waals surface area contributed by atoms with Gasteiger partial charge in [0, 0.05) is 11.1 Å². The van der Waals surface area contributed by atoms with Gasteiger partial charge in [-0.15, -0.1) is 0 Å². The molecule has 10 nitrogen and oxygen atoms in total. The van der Waals surface area contributed by atoms with E-state index in [2.05, 4.69) is 4.98 Å². The van der Waals surface area contributed by atoms with Crippen molar-refractivity contribution in [1.29, 1.82) is 0 Å². The fraction of sp³-hybridized carbons (Fsp3) is 0.259. The zero-order valence-corrected chi connectivity index (χ0v) is 22.5. The highest BCUT2D eigenvalue weighted by atomic mass is 32.1. The molecule has 0 bridgehead atoms. The summed E-state index contributed by atoms with van der Waals surface area (Å²) in [5.74, 6) is -1.45. The third-order valence-corrected chi connectivity index (χ3v) is 7.34. The van der Waals surface area contributed by atoms with Crippen LogP contribution < -0.4 is 19.1 Å². The first kappa shape index (κ1) is 26.7. The first-order chi connectivity index (χ1) is 18.2. The number of ketones is 1. The van der Waals surface area contributed by atoms with Crippen LogP contribution in [-0.4, -0.2) is 56.2 Å². The molecule has 1 aromatic heterocycles. The number of aromatic nitrogens is 1. The summed E-state index contributed by atoms with van der Waals surface area (Å²) in [6.07, 6.45) is 0. The molecule has 2 heterocycles. The summed E-state index contributed by atoms with van der Waals surface area (Å²) in [4.78, 5) is 45.0. The van der Waals surface area contributed by atoms with Crippen LogP contribution in [0.4, 0.5) is 5.13 Å². The van der Waals surface area contributed by atoms with Crippen LogP contribution in [0.2, 0.25) is 0 Å². The molecule has 0 radical (unpaired) electrons. The number of nitrogens with zero attached hydrogens (tertiary/aromatic N) is 2. The van der Waals surface area contributed by atoms with Crippen molar-refractivity contribution in [3.05, 3.63) is 69.2 Å². The average molecular weight is 539 g/mol. The summed E-state index contributed by atoms with van der Waals surface area (Å²) in [5, 5.41) is 11.5. The van der Waals surface area contributed by atoms with Gasteiger partial charge in [-0.3, -0.25) is 14.5 Å². The summed E-state index contributed by atoms with van der Waals surface area (Å²) in [7, 11) is 5.70. The second kappa shape index (κ2) is 10.5. The molecule has 1 atom stereocenters. The first-order valence-electron chi connectivity index (χ1n) is 11.4. The van der Waals surface area contributed by atoms with E-state index < -0.39 is 23.7 Å². The maximum Gasteiger partial charge on any atom is 0.350 e. The number of carbonyl (C=O) groups excluding carboxylic acids is 3. The van der Waals surface area contributed by atoms with Gasteiger partial charge in [-0.1, -0.05) is 11.3 Å². The molecule has 1 unspecified atom stereocenters. The summed E-state index contributed by atoms with van der Waals surface area (Å²) < 4.78 is 21.1. The SMILES string of the molecule is COC(=O)c1sc(N2C(=O)C(=O)/C(=C(/O)c3ccc(OC)c(C)c3)C2c2cc(OC)ccc2OC)nc1C. The Morgan fingerprint density at radius 1 is 0.974 bits per heavy atom. The number of esters is 1. The molecule has 198 valence electrons. The lowest BCUT2D eigenvalue weighted by Crippen LogP contribution is -2.29. The van der Waals surface area contributed by atoms with Crippen molar-refractivity contribution in [2.24, 2.45) is 0 Å². The fourth-order valence-electron chi connectivity index (χ4n) is 4.33. The number of benzene rings is 2. The molecular weight excluding hydrogens is 512 g/mol. The number of methoxy groups -OCH3 is 4. The number of aryl methyl sites for hydroxylation is 2. The van der Waals surface area contributed by atoms with Crippen LogP contribution in [-0.2, 0) is 14.3 Å². The van der Waals surface area contributed by atoms with Crippen molar-refractivity contribution in [2.75, 3.05) is 33.3 Å². The predicted octanol–water partition coefficient (Wildman–Crippen LogP) is 4.20. The molecule has 4 rings (SSSR count). The van der Waals surface area contributed by atoms with Gasteiger partial charge >= 0.3 is 11.9 Å². The number of amides is 1. The minimum atomic E-state index is -1.14. The van der Waals surface area contributed by atoms with E-state index in [9.17, 15) is 19.5 Å². The van der Waals surface area contributed by atoms with E-state index in [-0.39, 0.29) is 21.3 Å². The number of rotatable bonds is 7. The minimum Gasteiger partial charge on any atom is -0.507 e. The molecule has 1 amide bonds. The van der Waals surface area contributed by atoms with Crippen LogP contribution in [0.25, 0.3) is 5.76 Å². The van der Waals surface area contributed by atoms with E-state index in [4.69, 9.17) is 18.9 Å². The van der Waals surface area contributed by atoms with Gasteiger partial charge in [0.15, 0.2) is 5.13 Å². The molecular formula is C27H26N2O8S. The number of anilines is 1. The Labute approximate surface area is 223 Å². The maximum absolute atomic E-state index is 13.5. The number of aliphatic hydroxyl groups is 1. The molecule has 1 fully saturated rings. The number of aliphatic hydroxyl groups excluding tert-OH is 1. The van der Waals surface area contributed by atoms with Crippen LogP contribution >= 0.6 is 11.3 Å².